The first-order valence-corrected chi connectivity index (χ1v) is 4.04. The monoisotopic (exact) mass is 228 g/mol. The zero-order chi connectivity index (χ0) is 6.04. The van der Waals surface area contributed by atoms with Crippen molar-refractivity contribution < 1.29 is 9.47 Å². The molecule has 0 aromatic rings. The second-order valence-electron chi connectivity index (χ2n) is 2.01. The highest BCUT2D eigenvalue weighted by Gasteiger charge is 2.37. The predicted octanol–water partition coefficient (Wildman–Crippen LogP) is 0.837. The molecule has 0 aromatic carbocycles. The Morgan fingerprint density at radius 2 is 2.38 bits per heavy atom. The van der Waals surface area contributed by atoms with Gasteiger partial charge in [-0.05, 0) is 0 Å². The summed E-state index contributed by atoms with van der Waals surface area (Å²) in [7, 11) is 1.74. The summed E-state index contributed by atoms with van der Waals surface area (Å²) in [5.41, 5.74) is 0.0700. The summed E-state index contributed by atoms with van der Waals surface area (Å²) in [6.45, 7) is 1.54. The van der Waals surface area contributed by atoms with Gasteiger partial charge in [0, 0.05) is 11.5 Å². The van der Waals surface area contributed by atoms with E-state index in [0.717, 1.165) is 17.6 Å². The Kier molecular flexibility index (Phi) is 2.11. The average molecular weight is 228 g/mol. The fourth-order valence-corrected chi connectivity index (χ4v) is 1.33. The minimum atomic E-state index is 0.0700. The van der Waals surface area contributed by atoms with Crippen LogP contribution in [-0.2, 0) is 9.47 Å². The molecule has 0 bridgehead atoms. The van der Waals surface area contributed by atoms with Gasteiger partial charge in [0.1, 0.15) is 5.60 Å². The molecule has 0 unspecified atom stereocenters. The van der Waals surface area contributed by atoms with Gasteiger partial charge in [0.05, 0.1) is 13.2 Å². The van der Waals surface area contributed by atoms with E-state index in [0.29, 0.717) is 0 Å². The molecule has 1 aliphatic heterocycles. The van der Waals surface area contributed by atoms with Gasteiger partial charge in [0.2, 0.25) is 0 Å². The van der Waals surface area contributed by atoms with Gasteiger partial charge >= 0.3 is 0 Å². The van der Waals surface area contributed by atoms with Crippen molar-refractivity contribution in [3.8, 4) is 0 Å². The number of rotatable bonds is 2. The van der Waals surface area contributed by atoms with Crippen molar-refractivity contribution in [1.29, 1.82) is 0 Å². The predicted molar refractivity (Wildman–Crippen MR) is 39.4 cm³/mol. The minimum Gasteiger partial charge on any atom is -0.375 e. The van der Waals surface area contributed by atoms with Gasteiger partial charge < -0.3 is 9.47 Å². The third kappa shape index (κ3) is 0.989. The van der Waals surface area contributed by atoms with Crippen LogP contribution < -0.4 is 0 Å². The molecule has 1 heterocycles. The van der Waals surface area contributed by atoms with Crippen LogP contribution in [-0.4, -0.2) is 30.4 Å². The lowest BCUT2D eigenvalue weighted by molar-refractivity contribution is -0.179. The van der Waals surface area contributed by atoms with Crippen molar-refractivity contribution in [1.82, 2.24) is 0 Å². The van der Waals surface area contributed by atoms with Crippen molar-refractivity contribution in [2.75, 3.05) is 24.8 Å². The molecule has 1 rings (SSSR count). The first-order valence-electron chi connectivity index (χ1n) is 2.52. The molecule has 1 saturated heterocycles. The molecule has 0 atom stereocenters. The molecule has 3 heteroatoms. The molecule has 0 aromatic heterocycles. The van der Waals surface area contributed by atoms with E-state index in [4.69, 9.17) is 9.47 Å². The second kappa shape index (κ2) is 2.49. The first-order chi connectivity index (χ1) is 3.83. The number of hydrogen-bond acceptors (Lipinski definition) is 2. The molecule has 0 amide bonds. The number of halogens is 1. The Morgan fingerprint density at radius 3 is 2.38 bits per heavy atom. The van der Waals surface area contributed by atoms with Gasteiger partial charge in [0.25, 0.3) is 0 Å². The lowest BCUT2D eigenvalue weighted by Crippen LogP contribution is -2.52. The minimum absolute atomic E-state index is 0.0700. The molecular formula is C5H9IO2. The first kappa shape index (κ1) is 6.77. The standard InChI is InChI=1S/C5H9IO2/c1-7-5(2-6)3-8-4-5/h2-4H2,1H3. The number of alkyl halides is 1. The lowest BCUT2D eigenvalue weighted by Gasteiger charge is -2.38. The Morgan fingerprint density at radius 1 is 1.75 bits per heavy atom. The average Bonchev–Trinajstić information content (AvgIpc) is 1.67. The van der Waals surface area contributed by atoms with Crippen molar-refractivity contribution in [2.45, 2.75) is 5.60 Å². The maximum absolute atomic E-state index is 5.19. The third-order valence-electron chi connectivity index (χ3n) is 1.41. The second-order valence-corrected chi connectivity index (χ2v) is 2.78. The van der Waals surface area contributed by atoms with Crippen molar-refractivity contribution in [2.24, 2.45) is 0 Å². The van der Waals surface area contributed by atoms with Crippen LogP contribution >= 0.6 is 22.6 Å². The number of methoxy groups -OCH3 is 1. The molecule has 0 spiro atoms. The van der Waals surface area contributed by atoms with Crippen molar-refractivity contribution >= 4 is 22.6 Å². The summed E-state index contributed by atoms with van der Waals surface area (Å²) in [6, 6.07) is 0. The van der Waals surface area contributed by atoms with E-state index in [1.54, 1.807) is 7.11 Å². The maximum atomic E-state index is 5.19. The van der Waals surface area contributed by atoms with Crippen LogP contribution in [0.15, 0.2) is 0 Å². The SMILES string of the molecule is COC1(CI)COC1. The van der Waals surface area contributed by atoms with Crippen LogP contribution in [0.25, 0.3) is 0 Å². The largest absolute Gasteiger partial charge is 0.375 e. The van der Waals surface area contributed by atoms with Crippen molar-refractivity contribution in [3.05, 3.63) is 0 Å². The molecule has 0 aliphatic carbocycles. The molecule has 1 aliphatic rings. The summed E-state index contributed by atoms with van der Waals surface area (Å²) in [5.74, 6) is 0. The van der Waals surface area contributed by atoms with Gasteiger partial charge in [-0.3, -0.25) is 0 Å². The van der Waals surface area contributed by atoms with E-state index < -0.39 is 0 Å². The molecule has 2 nitrogen and oxygen atoms in total. The van der Waals surface area contributed by atoms with Gasteiger partial charge in [-0.25, -0.2) is 0 Å². The molecule has 8 heavy (non-hydrogen) atoms. The molecule has 1 fully saturated rings. The molecular weight excluding hydrogens is 219 g/mol. The van der Waals surface area contributed by atoms with E-state index in [1.807, 2.05) is 0 Å². The van der Waals surface area contributed by atoms with Gasteiger partial charge in [-0.1, -0.05) is 22.6 Å². The molecule has 48 valence electrons. The van der Waals surface area contributed by atoms with Crippen LogP contribution in [0, 0.1) is 0 Å². The number of ether oxygens (including phenoxy) is 2. The van der Waals surface area contributed by atoms with E-state index in [2.05, 4.69) is 22.6 Å². The normalized spacial score (nSPS) is 24.8. The van der Waals surface area contributed by atoms with Crippen molar-refractivity contribution in [3.63, 3.8) is 0 Å². The van der Waals surface area contributed by atoms with Crippen LogP contribution in [0.3, 0.4) is 0 Å². The molecule has 0 radical (unpaired) electrons. The third-order valence-corrected chi connectivity index (χ3v) is 2.80. The maximum Gasteiger partial charge on any atom is 0.123 e. The highest BCUT2D eigenvalue weighted by molar-refractivity contribution is 14.1. The summed E-state index contributed by atoms with van der Waals surface area (Å²) in [4.78, 5) is 0. The van der Waals surface area contributed by atoms with E-state index in [-0.39, 0.29) is 5.60 Å². The van der Waals surface area contributed by atoms with Crippen LogP contribution in [0.4, 0.5) is 0 Å². The Balaban J connectivity index is 2.33. The van der Waals surface area contributed by atoms with Crippen LogP contribution in [0.1, 0.15) is 0 Å². The fraction of sp³-hybridized carbons (Fsp3) is 1.00. The van der Waals surface area contributed by atoms with Gasteiger partial charge in [0.15, 0.2) is 0 Å². The topological polar surface area (TPSA) is 18.5 Å². The van der Waals surface area contributed by atoms with Gasteiger partial charge in [-0.15, -0.1) is 0 Å². The summed E-state index contributed by atoms with van der Waals surface area (Å²) < 4.78 is 11.2. The van der Waals surface area contributed by atoms with E-state index in [1.165, 1.54) is 0 Å². The Hall–Kier alpha value is 0.650. The fourth-order valence-electron chi connectivity index (χ4n) is 0.579. The van der Waals surface area contributed by atoms with E-state index >= 15 is 0 Å². The molecule has 0 N–H and O–H groups in total. The van der Waals surface area contributed by atoms with Crippen LogP contribution in [0.5, 0.6) is 0 Å². The lowest BCUT2D eigenvalue weighted by atomic mass is 10.1. The smallest absolute Gasteiger partial charge is 0.123 e. The summed E-state index contributed by atoms with van der Waals surface area (Å²) in [6.07, 6.45) is 0. The Bertz CT molecular complexity index is 67.0. The summed E-state index contributed by atoms with van der Waals surface area (Å²) in [5, 5.41) is 0. The number of hydrogen-bond donors (Lipinski definition) is 0. The van der Waals surface area contributed by atoms with Gasteiger partial charge in [-0.2, -0.15) is 0 Å². The zero-order valence-corrected chi connectivity index (χ0v) is 6.97. The van der Waals surface area contributed by atoms with Crippen LogP contribution in [0.2, 0.25) is 0 Å². The van der Waals surface area contributed by atoms with E-state index in [9.17, 15) is 0 Å². The quantitative estimate of drug-likeness (QED) is 0.515. The highest BCUT2D eigenvalue weighted by Crippen LogP contribution is 2.22. The Labute approximate surface area is 62.7 Å². The zero-order valence-electron chi connectivity index (χ0n) is 4.82. The summed E-state index contributed by atoms with van der Waals surface area (Å²) >= 11 is 2.31. The highest BCUT2D eigenvalue weighted by atomic mass is 127. The molecule has 0 saturated carbocycles.